The molecular formula is C28H26N2O6. The van der Waals surface area contributed by atoms with E-state index in [4.69, 9.17) is 13.9 Å². The van der Waals surface area contributed by atoms with Crippen molar-refractivity contribution in [3.63, 3.8) is 0 Å². The van der Waals surface area contributed by atoms with E-state index in [1.807, 2.05) is 56.3 Å². The van der Waals surface area contributed by atoms with Crippen molar-refractivity contribution >= 4 is 17.3 Å². The normalized spacial score (nSPS) is 10.6. The highest BCUT2D eigenvalue weighted by atomic mass is 16.6. The smallest absolute Gasteiger partial charge is 0.291 e. The predicted octanol–water partition coefficient (Wildman–Crippen LogP) is 6.99. The van der Waals surface area contributed by atoms with E-state index in [-0.39, 0.29) is 29.5 Å². The zero-order valence-corrected chi connectivity index (χ0v) is 20.2. The molecule has 36 heavy (non-hydrogen) atoms. The summed E-state index contributed by atoms with van der Waals surface area (Å²) in [6, 6.07) is 20.7. The van der Waals surface area contributed by atoms with E-state index in [1.54, 1.807) is 6.07 Å². The Kier molecular flexibility index (Phi) is 7.34. The Bertz CT molecular complexity index is 1390. The van der Waals surface area contributed by atoms with Crippen LogP contribution in [0.3, 0.4) is 0 Å². The SMILES string of the molecule is CCc1ccc(OCc2ccc(C(=O)Nc3cc(Oc4cc(C)ccc4C)cc([N+](=O)[O-])c3)o2)cc1. The average Bonchev–Trinajstić information content (AvgIpc) is 3.34. The third-order valence-corrected chi connectivity index (χ3v) is 5.53. The number of benzene rings is 3. The number of nitrogens with zero attached hydrogens (tertiary/aromatic N) is 1. The van der Waals surface area contributed by atoms with Gasteiger partial charge in [0.15, 0.2) is 5.76 Å². The Labute approximate surface area is 208 Å². The molecule has 0 saturated heterocycles. The zero-order chi connectivity index (χ0) is 25.7. The first-order valence-electron chi connectivity index (χ1n) is 11.5. The van der Waals surface area contributed by atoms with Crippen LogP contribution in [0.25, 0.3) is 0 Å². The van der Waals surface area contributed by atoms with Gasteiger partial charge >= 0.3 is 0 Å². The van der Waals surface area contributed by atoms with E-state index in [2.05, 4.69) is 12.2 Å². The topological polar surface area (TPSA) is 104 Å². The van der Waals surface area contributed by atoms with Gasteiger partial charge in [-0.3, -0.25) is 14.9 Å². The number of nitro groups is 1. The van der Waals surface area contributed by atoms with Crippen LogP contribution < -0.4 is 14.8 Å². The second kappa shape index (κ2) is 10.8. The number of carbonyl (C=O) groups is 1. The molecule has 0 saturated carbocycles. The molecule has 8 nitrogen and oxygen atoms in total. The first-order chi connectivity index (χ1) is 17.3. The molecule has 1 N–H and O–H groups in total. The molecule has 4 rings (SSSR count). The second-order valence-electron chi connectivity index (χ2n) is 8.35. The minimum absolute atomic E-state index is 0.0541. The average molecular weight is 487 g/mol. The molecular weight excluding hydrogens is 460 g/mol. The molecule has 3 aromatic carbocycles. The molecule has 0 unspecified atom stereocenters. The number of hydrogen-bond acceptors (Lipinski definition) is 6. The van der Waals surface area contributed by atoms with Crippen LogP contribution in [-0.2, 0) is 13.0 Å². The number of anilines is 1. The van der Waals surface area contributed by atoms with Crippen LogP contribution in [0.5, 0.6) is 17.2 Å². The lowest BCUT2D eigenvalue weighted by Crippen LogP contribution is -2.11. The van der Waals surface area contributed by atoms with Gasteiger partial charge in [0.25, 0.3) is 11.6 Å². The van der Waals surface area contributed by atoms with Gasteiger partial charge in [-0.05, 0) is 67.3 Å². The molecule has 0 aliphatic heterocycles. The largest absolute Gasteiger partial charge is 0.486 e. The molecule has 0 radical (unpaired) electrons. The fourth-order valence-corrected chi connectivity index (χ4v) is 3.51. The van der Waals surface area contributed by atoms with Crippen molar-refractivity contribution in [2.24, 2.45) is 0 Å². The monoisotopic (exact) mass is 486 g/mol. The van der Waals surface area contributed by atoms with Crippen LogP contribution in [0, 0.1) is 24.0 Å². The Morgan fingerprint density at radius 1 is 0.972 bits per heavy atom. The summed E-state index contributed by atoms with van der Waals surface area (Å²) in [4.78, 5) is 23.7. The Morgan fingerprint density at radius 3 is 2.47 bits per heavy atom. The first-order valence-corrected chi connectivity index (χ1v) is 11.5. The van der Waals surface area contributed by atoms with Crippen molar-refractivity contribution in [2.75, 3.05) is 5.32 Å². The molecule has 1 aromatic heterocycles. The van der Waals surface area contributed by atoms with Crippen LogP contribution in [0.2, 0.25) is 0 Å². The van der Waals surface area contributed by atoms with Gasteiger partial charge in [0.05, 0.1) is 16.7 Å². The molecule has 4 aromatic rings. The van der Waals surface area contributed by atoms with Gasteiger partial charge < -0.3 is 19.2 Å². The van der Waals surface area contributed by atoms with Crippen LogP contribution in [0.1, 0.15) is 39.9 Å². The van der Waals surface area contributed by atoms with Crippen LogP contribution >= 0.6 is 0 Å². The highest BCUT2D eigenvalue weighted by Gasteiger charge is 2.17. The summed E-state index contributed by atoms with van der Waals surface area (Å²) in [6.45, 7) is 6.05. The summed E-state index contributed by atoms with van der Waals surface area (Å²) < 4.78 is 17.2. The van der Waals surface area contributed by atoms with Crippen molar-refractivity contribution < 1.29 is 23.6 Å². The fourth-order valence-electron chi connectivity index (χ4n) is 3.51. The number of furan rings is 1. The van der Waals surface area contributed by atoms with Crippen LogP contribution in [0.4, 0.5) is 11.4 Å². The van der Waals surface area contributed by atoms with Crippen molar-refractivity contribution in [3.05, 3.63) is 111 Å². The number of non-ortho nitro benzene ring substituents is 1. The quantitative estimate of drug-likeness (QED) is 0.202. The van der Waals surface area contributed by atoms with E-state index < -0.39 is 10.8 Å². The van der Waals surface area contributed by atoms with Crippen molar-refractivity contribution in [1.29, 1.82) is 0 Å². The lowest BCUT2D eigenvalue weighted by Gasteiger charge is -2.11. The molecule has 8 heteroatoms. The maximum Gasteiger partial charge on any atom is 0.291 e. The molecule has 0 bridgehead atoms. The Hall–Kier alpha value is -4.59. The number of rotatable bonds is 9. The second-order valence-corrected chi connectivity index (χ2v) is 8.35. The molecule has 0 aliphatic carbocycles. The fraction of sp³-hybridized carbons (Fsp3) is 0.179. The minimum atomic E-state index is -0.549. The van der Waals surface area contributed by atoms with E-state index >= 15 is 0 Å². The van der Waals surface area contributed by atoms with E-state index in [0.29, 0.717) is 17.3 Å². The number of carbonyl (C=O) groups excluding carboxylic acids is 1. The summed E-state index contributed by atoms with van der Waals surface area (Å²) >= 11 is 0. The highest BCUT2D eigenvalue weighted by Crippen LogP contribution is 2.32. The number of amides is 1. The maximum absolute atomic E-state index is 12.8. The lowest BCUT2D eigenvalue weighted by molar-refractivity contribution is -0.384. The summed E-state index contributed by atoms with van der Waals surface area (Å²) in [5.41, 5.74) is 3.08. The standard InChI is InChI=1S/C28H26N2O6/c1-4-20-7-9-23(10-8-20)34-17-24-11-12-26(35-24)28(31)29-21-14-22(30(32)33)16-25(15-21)36-27-13-18(2)5-6-19(27)3/h5-16H,4,17H2,1-3H3,(H,29,31). The molecule has 0 fully saturated rings. The summed E-state index contributed by atoms with van der Waals surface area (Å²) in [6.07, 6.45) is 0.945. The van der Waals surface area contributed by atoms with Gasteiger partial charge in [0.1, 0.15) is 29.6 Å². The van der Waals surface area contributed by atoms with Gasteiger partial charge in [0, 0.05) is 12.1 Å². The number of ether oxygens (including phenoxy) is 2. The first kappa shape index (κ1) is 24.5. The van der Waals surface area contributed by atoms with Crippen molar-refractivity contribution in [1.82, 2.24) is 0 Å². The highest BCUT2D eigenvalue weighted by molar-refractivity contribution is 6.02. The lowest BCUT2D eigenvalue weighted by atomic mass is 10.1. The van der Waals surface area contributed by atoms with Crippen molar-refractivity contribution in [3.8, 4) is 17.2 Å². The predicted molar refractivity (Wildman–Crippen MR) is 136 cm³/mol. The summed E-state index contributed by atoms with van der Waals surface area (Å²) in [5, 5.41) is 14.1. The van der Waals surface area contributed by atoms with E-state index in [9.17, 15) is 14.9 Å². The zero-order valence-electron chi connectivity index (χ0n) is 20.2. The summed E-state index contributed by atoms with van der Waals surface area (Å²) in [5.74, 6) is 1.48. The van der Waals surface area contributed by atoms with E-state index in [1.165, 1.54) is 29.8 Å². The van der Waals surface area contributed by atoms with Gasteiger partial charge in [-0.25, -0.2) is 0 Å². The molecule has 184 valence electrons. The van der Waals surface area contributed by atoms with Gasteiger partial charge in [0.2, 0.25) is 0 Å². The Morgan fingerprint density at radius 2 is 1.75 bits per heavy atom. The third kappa shape index (κ3) is 6.09. The number of nitro benzene ring substituents is 1. The number of hydrogen-bond donors (Lipinski definition) is 1. The number of nitrogens with one attached hydrogen (secondary N) is 1. The van der Waals surface area contributed by atoms with Gasteiger partial charge in [-0.15, -0.1) is 0 Å². The van der Waals surface area contributed by atoms with Gasteiger partial charge in [-0.1, -0.05) is 31.2 Å². The number of aryl methyl sites for hydroxylation is 3. The van der Waals surface area contributed by atoms with Crippen LogP contribution in [-0.4, -0.2) is 10.8 Å². The molecule has 0 aliphatic rings. The van der Waals surface area contributed by atoms with E-state index in [0.717, 1.165) is 17.5 Å². The minimum Gasteiger partial charge on any atom is -0.486 e. The maximum atomic E-state index is 12.8. The van der Waals surface area contributed by atoms with Crippen LogP contribution in [0.15, 0.2) is 77.2 Å². The summed E-state index contributed by atoms with van der Waals surface area (Å²) in [7, 11) is 0. The molecule has 1 amide bonds. The molecule has 0 spiro atoms. The molecule has 1 heterocycles. The third-order valence-electron chi connectivity index (χ3n) is 5.53. The van der Waals surface area contributed by atoms with Gasteiger partial charge in [-0.2, -0.15) is 0 Å². The Balaban J connectivity index is 1.46. The molecule has 0 atom stereocenters. The van der Waals surface area contributed by atoms with Crippen molar-refractivity contribution in [2.45, 2.75) is 33.8 Å².